The van der Waals surface area contributed by atoms with Gasteiger partial charge in [-0.1, -0.05) is 29.3 Å². The molecule has 0 spiro atoms. The standard InChI is InChI=1S/C14H15Cl2FN4S/c1-8(2)18-14(22)19-13-11(16)7-21(20-13)6-9-10(15)4-3-5-12(9)17/h3-5,7-8H,6H2,1-2H3,(H2,18,19,20,22). The minimum Gasteiger partial charge on any atom is -0.360 e. The van der Waals surface area contributed by atoms with E-state index in [0.29, 0.717) is 26.5 Å². The van der Waals surface area contributed by atoms with Crippen LogP contribution in [-0.4, -0.2) is 20.9 Å². The Morgan fingerprint density at radius 2 is 2.09 bits per heavy atom. The average molecular weight is 361 g/mol. The van der Waals surface area contributed by atoms with E-state index >= 15 is 0 Å². The second-order valence-electron chi connectivity index (χ2n) is 4.98. The molecule has 0 saturated carbocycles. The van der Waals surface area contributed by atoms with Crippen molar-refractivity contribution in [1.29, 1.82) is 0 Å². The van der Waals surface area contributed by atoms with E-state index in [4.69, 9.17) is 35.4 Å². The first kappa shape index (κ1) is 17.0. The molecule has 0 unspecified atom stereocenters. The van der Waals surface area contributed by atoms with Gasteiger partial charge in [0, 0.05) is 22.8 Å². The SMILES string of the molecule is CC(C)NC(=S)Nc1nn(Cc2c(F)cccc2Cl)cc1Cl. The number of thiocarbonyl (C=S) groups is 1. The summed E-state index contributed by atoms with van der Waals surface area (Å²) in [4.78, 5) is 0. The van der Waals surface area contributed by atoms with Gasteiger partial charge in [0.2, 0.25) is 0 Å². The van der Waals surface area contributed by atoms with Crippen LogP contribution in [0.1, 0.15) is 19.4 Å². The van der Waals surface area contributed by atoms with E-state index in [-0.39, 0.29) is 18.4 Å². The molecule has 0 aliphatic heterocycles. The van der Waals surface area contributed by atoms with E-state index in [2.05, 4.69) is 15.7 Å². The lowest BCUT2D eigenvalue weighted by Gasteiger charge is -2.11. The van der Waals surface area contributed by atoms with Crippen LogP contribution in [-0.2, 0) is 6.54 Å². The third kappa shape index (κ3) is 4.32. The Balaban J connectivity index is 2.14. The molecule has 2 N–H and O–H groups in total. The topological polar surface area (TPSA) is 41.9 Å². The van der Waals surface area contributed by atoms with Crippen molar-refractivity contribution >= 4 is 46.4 Å². The van der Waals surface area contributed by atoms with Crippen LogP contribution < -0.4 is 10.6 Å². The summed E-state index contributed by atoms with van der Waals surface area (Å²) in [6.07, 6.45) is 1.59. The van der Waals surface area contributed by atoms with Crippen molar-refractivity contribution in [1.82, 2.24) is 15.1 Å². The highest BCUT2D eigenvalue weighted by Crippen LogP contribution is 2.23. The second-order valence-corrected chi connectivity index (χ2v) is 6.20. The number of halogens is 3. The largest absolute Gasteiger partial charge is 0.360 e. The van der Waals surface area contributed by atoms with Gasteiger partial charge >= 0.3 is 0 Å². The molecule has 0 aliphatic carbocycles. The lowest BCUT2D eigenvalue weighted by atomic mass is 10.2. The van der Waals surface area contributed by atoms with Crippen LogP contribution in [0.4, 0.5) is 10.2 Å². The van der Waals surface area contributed by atoms with Gasteiger partial charge in [-0.2, -0.15) is 5.10 Å². The molecule has 1 aromatic heterocycles. The highest BCUT2D eigenvalue weighted by Gasteiger charge is 2.12. The van der Waals surface area contributed by atoms with Crippen LogP contribution in [0.5, 0.6) is 0 Å². The maximum atomic E-state index is 13.8. The Kier molecular flexibility index (Phi) is 5.61. The fraction of sp³-hybridized carbons (Fsp3) is 0.286. The van der Waals surface area contributed by atoms with Crippen LogP contribution in [0.3, 0.4) is 0 Å². The zero-order valence-electron chi connectivity index (χ0n) is 12.0. The lowest BCUT2D eigenvalue weighted by molar-refractivity contribution is 0.586. The summed E-state index contributed by atoms with van der Waals surface area (Å²) < 4.78 is 15.3. The predicted molar refractivity (Wildman–Crippen MR) is 92.2 cm³/mol. The number of hydrogen-bond donors (Lipinski definition) is 2. The van der Waals surface area contributed by atoms with Crippen molar-refractivity contribution < 1.29 is 4.39 Å². The van der Waals surface area contributed by atoms with Gasteiger partial charge in [-0.25, -0.2) is 4.39 Å². The highest BCUT2D eigenvalue weighted by atomic mass is 35.5. The smallest absolute Gasteiger partial charge is 0.173 e. The summed E-state index contributed by atoms with van der Waals surface area (Å²) in [5, 5.41) is 11.3. The van der Waals surface area contributed by atoms with Crippen LogP contribution in [0, 0.1) is 5.82 Å². The van der Waals surface area contributed by atoms with Crippen LogP contribution in [0.25, 0.3) is 0 Å². The molecule has 22 heavy (non-hydrogen) atoms. The van der Waals surface area contributed by atoms with Crippen molar-refractivity contribution in [3.8, 4) is 0 Å². The maximum absolute atomic E-state index is 13.8. The highest BCUT2D eigenvalue weighted by molar-refractivity contribution is 7.80. The van der Waals surface area contributed by atoms with Crippen LogP contribution in [0.2, 0.25) is 10.0 Å². The first-order valence-electron chi connectivity index (χ1n) is 6.60. The predicted octanol–water partition coefficient (Wildman–Crippen LogP) is 4.07. The second kappa shape index (κ2) is 7.26. The van der Waals surface area contributed by atoms with Gasteiger partial charge in [0.05, 0.1) is 6.54 Å². The molecule has 8 heteroatoms. The Hall–Kier alpha value is -1.37. The fourth-order valence-electron chi connectivity index (χ4n) is 1.81. The number of nitrogens with zero attached hydrogens (tertiary/aromatic N) is 2. The molecule has 2 aromatic rings. The van der Waals surface area contributed by atoms with Crippen LogP contribution >= 0.6 is 35.4 Å². The fourth-order valence-corrected chi connectivity index (χ4v) is 2.57. The van der Waals surface area contributed by atoms with Crippen molar-refractivity contribution in [3.63, 3.8) is 0 Å². The minimum absolute atomic E-state index is 0.178. The maximum Gasteiger partial charge on any atom is 0.173 e. The molecule has 0 fully saturated rings. The first-order valence-corrected chi connectivity index (χ1v) is 7.76. The van der Waals surface area contributed by atoms with E-state index in [1.165, 1.54) is 10.7 Å². The van der Waals surface area contributed by atoms with Crippen molar-refractivity contribution in [3.05, 3.63) is 45.8 Å². The molecule has 0 amide bonds. The Labute approximate surface area is 143 Å². The van der Waals surface area contributed by atoms with E-state index in [0.717, 1.165) is 0 Å². The van der Waals surface area contributed by atoms with Gasteiger partial charge < -0.3 is 10.6 Å². The summed E-state index contributed by atoms with van der Waals surface area (Å²) >= 11 is 17.3. The Morgan fingerprint density at radius 3 is 2.73 bits per heavy atom. The lowest BCUT2D eigenvalue weighted by Crippen LogP contribution is -2.34. The van der Waals surface area contributed by atoms with Crippen LogP contribution in [0.15, 0.2) is 24.4 Å². The van der Waals surface area contributed by atoms with E-state index in [9.17, 15) is 4.39 Å². The minimum atomic E-state index is -0.384. The zero-order chi connectivity index (χ0) is 16.3. The van der Waals surface area contributed by atoms with Gasteiger partial charge in [0.1, 0.15) is 10.8 Å². The molecule has 1 heterocycles. The molecule has 0 aliphatic rings. The third-order valence-corrected chi connectivity index (χ3v) is 3.60. The normalized spacial score (nSPS) is 10.8. The molecule has 1 aromatic carbocycles. The van der Waals surface area contributed by atoms with Crippen molar-refractivity contribution in [2.45, 2.75) is 26.4 Å². The summed E-state index contributed by atoms with van der Waals surface area (Å²) in [5.41, 5.74) is 0.359. The van der Waals surface area contributed by atoms with Crippen molar-refractivity contribution in [2.24, 2.45) is 0 Å². The quantitative estimate of drug-likeness (QED) is 0.806. The summed E-state index contributed by atoms with van der Waals surface area (Å²) in [5.74, 6) is 0.0258. The van der Waals surface area contributed by atoms with Crippen molar-refractivity contribution in [2.75, 3.05) is 5.32 Å². The molecule has 0 radical (unpaired) electrons. The van der Waals surface area contributed by atoms with E-state index in [1.54, 1.807) is 18.3 Å². The molecule has 4 nitrogen and oxygen atoms in total. The van der Waals surface area contributed by atoms with Gasteiger partial charge in [0.25, 0.3) is 0 Å². The molecule has 0 saturated heterocycles. The Morgan fingerprint density at radius 1 is 1.36 bits per heavy atom. The van der Waals surface area contributed by atoms with E-state index < -0.39 is 0 Å². The molecular formula is C14H15Cl2FN4S. The van der Waals surface area contributed by atoms with Gasteiger partial charge in [-0.05, 0) is 38.2 Å². The number of benzene rings is 1. The third-order valence-electron chi connectivity index (χ3n) is 2.75. The van der Waals surface area contributed by atoms with Gasteiger partial charge in [-0.15, -0.1) is 0 Å². The zero-order valence-corrected chi connectivity index (χ0v) is 14.4. The number of anilines is 1. The Bertz CT molecular complexity index is 667. The summed E-state index contributed by atoms with van der Waals surface area (Å²) in [7, 11) is 0. The van der Waals surface area contributed by atoms with Gasteiger partial charge in [-0.3, -0.25) is 4.68 Å². The molecule has 2 rings (SSSR count). The monoisotopic (exact) mass is 360 g/mol. The van der Waals surface area contributed by atoms with E-state index in [1.807, 2.05) is 13.8 Å². The molecule has 0 atom stereocenters. The number of hydrogen-bond acceptors (Lipinski definition) is 2. The molecule has 0 bridgehead atoms. The average Bonchev–Trinajstić information content (AvgIpc) is 2.73. The number of aromatic nitrogens is 2. The number of rotatable bonds is 4. The molecular weight excluding hydrogens is 346 g/mol. The first-order chi connectivity index (χ1) is 10.4. The van der Waals surface area contributed by atoms with Gasteiger partial charge in [0.15, 0.2) is 10.9 Å². The summed E-state index contributed by atoms with van der Waals surface area (Å²) in [6, 6.07) is 4.73. The molecule has 118 valence electrons. The number of nitrogens with one attached hydrogen (secondary N) is 2. The summed E-state index contributed by atoms with van der Waals surface area (Å²) in [6.45, 7) is 4.11.